The first-order valence-electron chi connectivity index (χ1n) is 9.28. The van der Waals surface area contributed by atoms with Gasteiger partial charge in [-0.05, 0) is 69.1 Å². The van der Waals surface area contributed by atoms with Gasteiger partial charge >= 0.3 is 0 Å². The van der Waals surface area contributed by atoms with Gasteiger partial charge in [0.05, 0.1) is 17.8 Å². The summed E-state index contributed by atoms with van der Waals surface area (Å²) < 4.78 is 2.52. The molecule has 5 heteroatoms. The summed E-state index contributed by atoms with van der Waals surface area (Å²) in [5, 5.41) is 4.39. The second-order valence-corrected chi connectivity index (χ2v) is 7.63. The quantitative estimate of drug-likeness (QED) is 0.815. The molecule has 1 saturated heterocycles. The van der Waals surface area contributed by atoms with Crippen molar-refractivity contribution in [3.8, 4) is 0 Å². The van der Waals surface area contributed by atoms with Gasteiger partial charge < -0.3 is 14.8 Å². The number of nitrogens with zero attached hydrogens (tertiary/aromatic N) is 3. The second kappa shape index (κ2) is 6.45. The van der Waals surface area contributed by atoms with E-state index in [0.29, 0.717) is 6.04 Å². The molecule has 1 aliphatic carbocycles. The standard InChI is InChI=1S/C20H26N4S/c1-4-11-23-19(16-12-13(2)24(14(16)3)15-8-9-15)18(22-20(23)25)17-7-5-6-10-21-17/h5-7,10,12,15,18-19H,4,8-9,11H2,1-3H3,(H,22,25)/t18-,19+/m0/s1. The summed E-state index contributed by atoms with van der Waals surface area (Å²) in [5.74, 6) is 0. The molecule has 0 bridgehead atoms. The van der Waals surface area contributed by atoms with Crippen LogP contribution >= 0.6 is 12.2 Å². The summed E-state index contributed by atoms with van der Waals surface area (Å²) in [4.78, 5) is 6.97. The molecule has 1 N–H and O–H groups in total. The van der Waals surface area contributed by atoms with Crippen LogP contribution in [0.25, 0.3) is 0 Å². The Morgan fingerprint density at radius 3 is 2.72 bits per heavy atom. The fourth-order valence-electron chi connectivity index (χ4n) is 4.22. The van der Waals surface area contributed by atoms with Crippen molar-refractivity contribution < 1.29 is 0 Å². The number of rotatable bonds is 5. The minimum Gasteiger partial charge on any atom is -0.352 e. The van der Waals surface area contributed by atoms with Gasteiger partial charge in [-0.1, -0.05) is 13.0 Å². The first-order valence-corrected chi connectivity index (χ1v) is 9.69. The normalized spacial score (nSPS) is 23.2. The lowest BCUT2D eigenvalue weighted by atomic mass is 9.96. The molecule has 2 atom stereocenters. The Kier molecular flexibility index (Phi) is 4.28. The van der Waals surface area contributed by atoms with Gasteiger partial charge in [-0.25, -0.2) is 0 Å². The monoisotopic (exact) mass is 354 g/mol. The van der Waals surface area contributed by atoms with Crippen molar-refractivity contribution >= 4 is 17.3 Å². The smallest absolute Gasteiger partial charge is 0.170 e. The third-order valence-electron chi connectivity index (χ3n) is 5.42. The van der Waals surface area contributed by atoms with Gasteiger partial charge in [0.2, 0.25) is 0 Å². The molecular weight excluding hydrogens is 328 g/mol. The molecule has 0 unspecified atom stereocenters. The van der Waals surface area contributed by atoms with E-state index in [9.17, 15) is 0 Å². The Morgan fingerprint density at radius 1 is 1.28 bits per heavy atom. The van der Waals surface area contributed by atoms with Crippen molar-refractivity contribution in [3.63, 3.8) is 0 Å². The van der Waals surface area contributed by atoms with E-state index in [4.69, 9.17) is 12.2 Å². The highest BCUT2D eigenvalue weighted by Gasteiger charge is 2.41. The van der Waals surface area contributed by atoms with E-state index in [2.05, 4.69) is 58.7 Å². The Morgan fingerprint density at radius 2 is 2.08 bits per heavy atom. The molecule has 0 amide bonds. The molecule has 4 nitrogen and oxygen atoms in total. The van der Waals surface area contributed by atoms with Crippen LogP contribution in [-0.4, -0.2) is 26.1 Å². The Labute approximate surface area is 155 Å². The first kappa shape index (κ1) is 16.6. The third-order valence-corrected chi connectivity index (χ3v) is 5.77. The van der Waals surface area contributed by atoms with Gasteiger partial charge in [0.1, 0.15) is 0 Å². The van der Waals surface area contributed by atoms with Crippen molar-refractivity contribution in [1.82, 2.24) is 19.8 Å². The van der Waals surface area contributed by atoms with Crippen molar-refractivity contribution in [2.24, 2.45) is 0 Å². The number of hydrogen-bond donors (Lipinski definition) is 1. The third kappa shape index (κ3) is 2.84. The van der Waals surface area contributed by atoms with Crippen LogP contribution in [0.2, 0.25) is 0 Å². The zero-order valence-corrected chi connectivity index (χ0v) is 16.0. The summed E-state index contributed by atoms with van der Waals surface area (Å²) in [7, 11) is 0. The highest BCUT2D eigenvalue weighted by Crippen LogP contribution is 2.44. The molecular formula is C20H26N4S. The number of hydrogen-bond acceptors (Lipinski definition) is 2. The highest BCUT2D eigenvalue weighted by atomic mass is 32.1. The molecule has 0 spiro atoms. The van der Waals surface area contributed by atoms with Crippen LogP contribution in [0.15, 0.2) is 30.5 Å². The lowest BCUT2D eigenvalue weighted by Gasteiger charge is -2.27. The van der Waals surface area contributed by atoms with Crippen LogP contribution < -0.4 is 5.32 Å². The SMILES string of the molecule is CCCN1C(=S)N[C@@H](c2ccccn2)[C@H]1c1cc(C)n(C2CC2)c1C. The molecule has 3 heterocycles. The van der Waals surface area contributed by atoms with Gasteiger partial charge in [0, 0.05) is 30.2 Å². The fraction of sp³-hybridized carbons (Fsp3) is 0.500. The molecule has 2 aromatic rings. The summed E-state index contributed by atoms with van der Waals surface area (Å²) in [6.45, 7) is 7.67. The fourth-order valence-corrected chi connectivity index (χ4v) is 4.55. The summed E-state index contributed by atoms with van der Waals surface area (Å²) in [5.41, 5.74) is 5.20. The van der Waals surface area contributed by atoms with Gasteiger partial charge in [0.25, 0.3) is 0 Å². The molecule has 2 fully saturated rings. The molecule has 1 saturated carbocycles. The van der Waals surface area contributed by atoms with E-state index in [0.717, 1.165) is 23.8 Å². The predicted octanol–water partition coefficient (Wildman–Crippen LogP) is 4.22. The first-order chi connectivity index (χ1) is 12.1. The average molecular weight is 355 g/mol. The van der Waals surface area contributed by atoms with Gasteiger partial charge in [-0.15, -0.1) is 0 Å². The second-order valence-electron chi connectivity index (χ2n) is 7.25. The number of thiocarbonyl (C=S) groups is 1. The van der Waals surface area contributed by atoms with E-state index in [1.54, 1.807) is 0 Å². The van der Waals surface area contributed by atoms with E-state index in [-0.39, 0.29) is 12.1 Å². The zero-order valence-electron chi connectivity index (χ0n) is 15.2. The van der Waals surface area contributed by atoms with Crippen molar-refractivity contribution in [1.29, 1.82) is 0 Å². The minimum atomic E-state index is 0.105. The maximum absolute atomic E-state index is 5.69. The lowest BCUT2D eigenvalue weighted by molar-refractivity contribution is 0.316. The lowest BCUT2D eigenvalue weighted by Crippen LogP contribution is -2.30. The largest absolute Gasteiger partial charge is 0.352 e. The van der Waals surface area contributed by atoms with Crippen LogP contribution in [0.1, 0.15) is 67.0 Å². The molecule has 25 heavy (non-hydrogen) atoms. The minimum absolute atomic E-state index is 0.105. The van der Waals surface area contributed by atoms with Crippen molar-refractivity contribution in [3.05, 3.63) is 53.1 Å². The topological polar surface area (TPSA) is 33.1 Å². The van der Waals surface area contributed by atoms with Crippen LogP contribution in [0.5, 0.6) is 0 Å². The molecule has 0 aromatic carbocycles. The molecule has 2 aliphatic rings. The summed E-state index contributed by atoms with van der Waals surface area (Å²) in [6, 6.07) is 9.50. The molecule has 1 aliphatic heterocycles. The van der Waals surface area contributed by atoms with Crippen molar-refractivity contribution in [2.45, 2.75) is 58.2 Å². The van der Waals surface area contributed by atoms with Crippen LogP contribution in [0.3, 0.4) is 0 Å². The molecule has 4 rings (SSSR count). The van der Waals surface area contributed by atoms with Crippen LogP contribution in [-0.2, 0) is 0 Å². The molecule has 0 radical (unpaired) electrons. The van der Waals surface area contributed by atoms with E-state index < -0.39 is 0 Å². The van der Waals surface area contributed by atoms with E-state index in [1.165, 1.54) is 29.8 Å². The zero-order chi connectivity index (χ0) is 17.6. The maximum atomic E-state index is 5.69. The van der Waals surface area contributed by atoms with Gasteiger partial charge in [0.15, 0.2) is 5.11 Å². The molecule has 132 valence electrons. The number of aromatic nitrogens is 2. The van der Waals surface area contributed by atoms with E-state index in [1.807, 2.05) is 12.3 Å². The summed E-state index contributed by atoms with van der Waals surface area (Å²) >= 11 is 5.69. The Balaban J connectivity index is 1.79. The van der Waals surface area contributed by atoms with Gasteiger partial charge in [-0.3, -0.25) is 4.98 Å². The van der Waals surface area contributed by atoms with Crippen LogP contribution in [0.4, 0.5) is 0 Å². The highest BCUT2D eigenvalue weighted by molar-refractivity contribution is 7.80. The summed E-state index contributed by atoms with van der Waals surface area (Å²) in [6.07, 6.45) is 5.56. The number of pyridine rings is 1. The van der Waals surface area contributed by atoms with Crippen LogP contribution in [0, 0.1) is 13.8 Å². The average Bonchev–Trinajstić information content (AvgIpc) is 3.33. The van der Waals surface area contributed by atoms with Crippen molar-refractivity contribution in [2.75, 3.05) is 6.54 Å². The Bertz CT molecular complexity index is 778. The predicted molar refractivity (Wildman–Crippen MR) is 105 cm³/mol. The Hall–Kier alpha value is -1.88. The maximum Gasteiger partial charge on any atom is 0.170 e. The number of aryl methyl sites for hydroxylation is 1. The van der Waals surface area contributed by atoms with Gasteiger partial charge in [-0.2, -0.15) is 0 Å². The number of nitrogens with one attached hydrogen (secondary N) is 1. The van der Waals surface area contributed by atoms with E-state index >= 15 is 0 Å². The molecule has 2 aromatic heterocycles.